The van der Waals surface area contributed by atoms with E-state index < -0.39 is 0 Å². The zero-order valence-electron chi connectivity index (χ0n) is 17.8. The molecule has 158 valence electrons. The molecule has 6 heteroatoms. The highest BCUT2D eigenvalue weighted by Gasteiger charge is 2.19. The van der Waals surface area contributed by atoms with Crippen molar-refractivity contribution in [2.24, 2.45) is 5.92 Å². The summed E-state index contributed by atoms with van der Waals surface area (Å²) in [7, 11) is 0. The third kappa shape index (κ3) is 6.16. The van der Waals surface area contributed by atoms with E-state index in [1.807, 2.05) is 46.7 Å². The molecule has 1 aromatic heterocycles. The summed E-state index contributed by atoms with van der Waals surface area (Å²) in [4.78, 5) is 19.6. The maximum absolute atomic E-state index is 13.1. The first-order chi connectivity index (χ1) is 14.3. The van der Waals surface area contributed by atoms with Gasteiger partial charge in [-0.05, 0) is 61.2 Å². The SMILES string of the molecule is Cc1ccc(OCc2nc(CN(CC(C)C)C(=O)c3cccc(Br)c3)cs2)cc1C. The Morgan fingerprint density at radius 1 is 1.17 bits per heavy atom. The van der Waals surface area contributed by atoms with E-state index in [0.29, 0.717) is 31.2 Å². The van der Waals surface area contributed by atoms with E-state index in [2.05, 4.69) is 49.7 Å². The molecule has 0 N–H and O–H groups in total. The van der Waals surface area contributed by atoms with Crippen molar-refractivity contribution in [2.45, 2.75) is 40.8 Å². The average molecular weight is 487 g/mol. The van der Waals surface area contributed by atoms with Crippen LogP contribution in [0.2, 0.25) is 0 Å². The first-order valence-electron chi connectivity index (χ1n) is 10.00. The lowest BCUT2D eigenvalue weighted by Gasteiger charge is -2.24. The van der Waals surface area contributed by atoms with E-state index in [-0.39, 0.29) is 5.91 Å². The number of carbonyl (C=O) groups is 1. The fourth-order valence-electron chi connectivity index (χ4n) is 3.10. The van der Waals surface area contributed by atoms with E-state index in [4.69, 9.17) is 9.72 Å². The summed E-state index contributed by atoms with van der Waals surface area (Å²) in [5, 5.41) is 2.92. The monoisotopic (exact) mass is 486 g/mol. The van der Waals surface area contributed by atoms with Gasteiger partial charge in [-0.15, -0.1) is 11.3 Å². The summed E-state index contributed by atoms with van der Waals surface area (Å²) < 4.78 is 6.80. The first-order valence-corrected chi connectivity index (χ1v) is 11.7. The number of benzene rings is 2. The summed E-state index contributed by atoms with van der Waals surface area (Å²) in [6.45, 7) is 9.99. The molecule has 0 unspecified atom stereocenters. The van der Waals surface area contributed by atoms with Gasteiger partial charge in [0, 0.05) is 22.0 Å². The van der Waals surface area contributed by atoms with E-state index >= 15 is 0 Å². The average Bonchev–Trinajstić information content (AvgIpc) is 3.15. The second kappa shape index (κ2) is 10.2. The smallest absolute Gasteiger partial charge is 0.254 e. The second-order valence-electron chi connectivity index (χ2n) is 7.86. The van der Waals surface area contributed by atoms with E-state index in [9.17, 15) is 4.79 Å². The molecular formula is C24H27BrN2O2S. The molecule has 0 fully saturated rings. The zero-order valence-corrected chi connectivity index (χ0v) is 20.2. The number of thiazole rings is 1. The van der Waals surface area contributed by atoms with E-state index in [0.717, 1.165) is 20.9 Å². The third-order valence-electron chi connectivity index (χ3n) is 4.74. The predicted octanol–water partition coefficient (Wildman–Crippen LogP) is 6.40. The van der Waals surface area contributed by atoms with Crippen LogP contribution in [0.25, 0.3) is 0 Å². The Labute approximate surface area is 191 Å². The van der Waals surface area contributed by atoms with Crippen LogP contribution in [-0.2, 0) is 13.2 Å². The summed E-state index contributed by atoms with van der Waals surface area (Å²) in [5.74, 6) is 1.24. The number of aryl methyl sites for hydroxylation is 2. The van der Waals surface area contributed by atoms with Gasteiger partial charge in [-0.1, -0.05) is 41.9 Å². The molecule has 0 saturated carbocycles. The van der Waals surface area contributed by atoms with Crippen LogP contribution in [0, 0.1) is 19.8 Å². The number of halogens is 1. The summed E-state index contributed by atoms with van der Waals surface area (Å²) in [6.07, 6.45) is 0. The molecule has 0 aliphatic heterocycles. The Balaban J connectivity index is 1.67. The van der Waals surface area contributed by atoms with Crippen molar-refractivity contribution in [1.82, 2.24) is 9.88 Å². The molecule has 4 nitrogen and oxygen atoms in total. The highest BCUT2D eigenvalue weighted by Crippen LogP contribution is 2.21. The van der Waals surface area contributed by atoms with Gasteiger partial charge in [0.2, 0.25) is 0 Å². The molecule has 3 aromatic rings. The summed E-state index contributed by atoms with van der Waals surface area (Å²) in [5.41, 5.74) is 4.03. The molecular weight excluding hydrogens is 460 g/mol. The Morgan fingerprint density at radius 3 is 2.67 bits per heavy atom. The molecule has 1 heterocycles. The van der Waals surface area contributed by atoms with E-state index in [1.54, 1.807) is 11.3 Å². The highest BCUT2D eigenvalue weighted by molar-refractivity contribution is 9.10. The van der Waals surface area contributed by atoms with Crippen molar-refractivity contribution in [3.8, 4) is 5.75 Å². The maximum Gasteiger partial charge on any atom is 0.254 e. The molecule has 0 atom stereocenters. The number of carbonyl (C=O) groups excluding carboxylic acids is 1. The van der Waals surface area contributed by atoms with Gasteiger partial charge in [0.05, 0.1) is 12.2 Å². The van der Waals surface area contributed by atoms with Gasteiger partial charge < -0.3 is 9.64 Å². The van der Waals surface area contributed by atoms with Crippen LogP contribution in [0.15, 0.2) is 52.3 Å². The fourth-order valence-corrected chi connectivity index (χ4v) is 4.19. The van der Waals surface area contributed by atoms with Gasteiger partial charge in [-0.2, -0.15) is 0 Å². The lowest BCUT2D eigenvalue weighted by Crippen LogP contribution is -2.33. The van der Waals surface area contributed by atoms with Crippen LogP contribution in [-0.4, -0.2) is 22.3 Å². The number of rotatable bonds is 8. The van der Waals surface area contributed by atoms with Crippen molar-refractivity contribution < 1.29 is 9.53 Å². The molecule has 30 heavy (non-hydrogen) atoms. The van der Waals surface area contributed by atoms with Gasteiger partial charge in [0.15, 0.2) is 0 Å². The molecule has 1 amide bonds. The molecule has 0 aliphatic carbocycles. The van der Waals surface area contributed by atoms with Gasteiger partial charge in [0.1, 0.15) is 17.4 Å². The molecule has 0 radical (unpaired) electrons. The Morgan fingerprint density at radius 2 is 1.97 bits per heavy atom. The van der Waals surface area contributed by atoms with Crippen molar-refractivity contribution in [3.63, 3.8) is 0 Å². The van der Waals surface area contributed by atoms with Crippen molar-refractivity contribution in [1.29, 1.82) is 0 Å². The van der Waals surface area contributed by atoms with Crippen molar-refractivity contribution >= 4 is 33.2 Å². The summed E-state index contributed by atoms with van der Waals surface area (Å²) in [6, 6.07) is 13.6. The molecule has 0 saturated heterocycles. The quantitative estimate of drug-likeness (QED) is 0.369. The van der Waals surface area contributed by atoms with Crippen LogP contribution >= 0.6 is 27.3 Å². The number of nitrogens with zero attached hydrogens (tertiary/aromatic N) is 2. The lowest BCUT2D eigenvalue weighted by molar-refractivity contribution is 0.0720. The van der Waals surface area contributed by atoms with Gasteiger partial charge in [0.25, 0.3) is 5.91 Å². The normalized spacial score (nSPS) is 11.0. The number of ether oxygens (including phenoxy) is 1. The maximum atomic E-state index is 13.1. The highest BCUT2D eigenvalue weighted by atomic mass is 79.9. The second-order valence-corrected chi connectivity index (χ2v) is 9.72. The number of aromatic nitrogens is 1. The molecule has 0 bridgehead atoms. The lowest BCUT2D eigenvalue weighted by atomic mass is 10.1. The molecule has 0 aliphatic rings. The van der Waals surface area contributed by atoms with Crippen LogP contribution in [0.1, 0.15) is 46.0 Å². The van der Waals surface area contributed by atoms with Crippen molar-refractivity contribution in [2.75, 3.05) is 6.54 Å². The zero-order chi connectivity index (χ0) is 21.7. The molecule has 3 rings (SSSR count). The van der Waals surface area contributed by atoms with Crippen LogP contribution in [0.3, 0.4) is 0 Å². The van der Waals surface area contributed by atoms with Crippen LogP contribution in [0.5, 0.6) is 5.75 Å². The first kappa shape index (κ1) is 22.5. The van der Waals surface area contributed by atoms with E-state index in [1.165, 1.54) is 11.1 Å². The third-order valence-corrected chi connectivity index (χ3v) is 6.10. The number of amides is 1. The minimum Gasteiger partial charge on any atom is -0.486 e. The fraction of sp³-hybridized carbons (Fsp3) is 0.333. The topological polar surface area (TPSA) is 42.4 Å². The number of hydrogen-bond acceptors (Lipinski definition) is 4. The molecule has 2 aromatic carbocycles. The van der Waals surface area contributed by atoms with Gasteiger partial charge >= 0.3 is 0 Å². The van der Waals surface area contributed by atoms with Crippen LogP contribution in [0.4, 0.5) is 0 Å². The van der Waals surface area contributed by atoms with Crippen molar-refractivity contribution in [3.05, 3.63) is 79.7 Å². The Bertz CT molecular complexity index is 1020. The largest absolute Gasteiger partial charge is 0.486 e. The number of hydrogen-bond donors (Lipinski definition) is 0. The van der Waals surface area contributed by atoms with Gasteiger partial charge in [-0.25, -0.2) is 4.98 Å². The Kier molecular flexibility index (Phi) is 7.67. The van der Waals surface area contributed by atoms with Crippen LogP contribution < -0.4 is 4.74 Å². The minimum absolute atomic E-state index is 0.0194. The minimum atomic E-state index is 0.0194. The molecule has 0 spiro atoms. The summed E-state index contributed by atoms with van der Waals surface area (Å²) >= 11 is 5.02. The van der Waals surface area contributed by atoms with Gasteiger partial charge in [-0.3, -0.25) is 4.79 Å². The standard InChI is InChI=1S/C24H27BrN2O2S/c1-16(2)12-27(24(28)19-6-5-7-20(25)11-19)13-21-15-30-23(26-21)14-29-22-9-8-17(3)18(4)10-22/h5-11,15-16H,12-14H2,1-4H3. The predicted molar refractivity (Wildman–Crippen MR) is 126 cm³/mol. The Hall–Kier alpha value is -2.18.